The first kappa shape index (κ1) is 18.7. The number of amides is 2. The molecular weight excluding hydrogens is 326 g/mol. The zero-order valence-corrected chi connectivity index (χ0v) is 14.8. The molecule has 1 aromatic rings. The molecule has 1 aromatic carbocycles. The molecular formula is C18H26ClN3O2. The van der Waals surface area contributed by atoms with E-state index in [2.05, 4.69) is 17.6 Å². The summed E-state index contributed by atoms with van der Waals surface area (Å²) in [5.41, 5.74) is 0.909. The summed E-state index contributed by atoms with van der Waals surface area (Å²) >= 11 is 0. The van der Waals surface area contributed by atoms with Crippen molar-refractivity contribution in [1.82, 2.24) is 10.6 Å². The number of anilines is 1. The van der Waals surface area contributed by atoms with Crippen LogP contribution in [0.3, 0.4) is 0 Å². The lowest BCUT2D eigenvalue weighted by Gasteiger charge is -2.34. The van der Waals surface area contributed by atoms with E-state index in [-0.39, 0.29) is 36.2 Å². The lowest BCUT2D eigenvalue weighted by atomic mass is 9.92. The zero-order chi connectivity index (χ0) is 16.2. The summed E-state index contributed by atoms with van der Waals surface area (Å²) in [5, 5.41) is 6.35. The normalized spacial score (nSPS) is 27.3. The highest BCUT2D eigenvalue weighted by Crippen LogP contribution is 2.22. The summed E-state index contributed by atoms with van der Waals surface area (Å²) in [6.07, 6.45) is 3.33. The van der Waals surface area contributed by atoms with Crippen LogP contribution in [0.25, 0.3) is 0 Å². The second kappa shape index (κ2) is 8.49. The Morgan fingerprint density at radius 1 is 1.25 bits per heavy atom. The molecule has 0 aliphatic carbocycles. The third-order valence-corrected chi connectivity index (χ3v) is 4.82. The van der Waals surface area contributed by atoms with Crippen molar-refractivity contribution in [3.05, 3.63) is 30.3 Å². The van der Waals surface area contributed by atoms with Gasteiger partial charge in [0, 0.05) is 24.2 Å². The van der Waals surface area contributed by atoms with E-state index in [1.165, 1.54) is 0 Å². The van der Waals surface area contributed by atoms with Crippen LogP contribution in [0.2, 0.25) is 0 Å². The van der Waals surface area contributed by atoms with Gasteiger partial charge >= 0.3 is 0 Å². The predicted molar refractivity (Wildman–Crippen MR) is 97.4 cm³/mol. The fourth-order valence-electron chi connectivity index (χ4n) is 3.53. The molecule has 2 amide bonds. The molecule has 2 aliphatic rings. The van der Waals surface area contributed by atoms with E-state index in [1.807, 2.05) is 30.3 Å². The molecule has 2 saturated heterocycles. The molecule has 132 valence electrons. The van der Waals surface area contributed by atoms with Crippen molar-refractivity contribution in [3.63, 3.8) is 0 Å². The van der Waals surface area contributed by atoms with Crippen LogP contribution >= 0.6 is 12.4 Å². The monoisotopic (exact) mass is 351 g/mol. The quantitative estimate of drug-likeness (QED) is 0.876. The third kappa shape index (κ3) is 4.28. The van der Waals surface area contributed by atoms with Gasteiger partial charge in [-0.3, -0.25) is 9.59 Å². The number of carbonyl (C=O) groups is 2. The molecule has 0 saturated carbocycles. The van der Waals surface area contributed by atoms with Crippen LogP contribution in [0.5, 0.6) is 0 Å². The summed E-state index contributed by atoms with van der Waals surface area (Å²) in [4.78, 5) is 27.0. The van der Waals surface area contributed by atoms with E-state index in [0.717, 1.165) is 44.5 Å². The molecule has 6 heteroatoms. The van der Waals surface area contributed by atoms with Gasteiger partial charge in [0.2, 0.25) is 11.8 Å². The average molecular weight is 352 g/mol. The minimum Gasteiger partial charge on any atom is -0.344 e. The number of piperidine rings is 2. The Hall–Kier alpha value is -1.59. The highest BCUT2D eigenvalue weighted by molar-refractivity contribution is 6.00. The van der Waals surface area contributed by atoms with Crippen molar-refractivity contribution >= 4 is 29.9 Å². The molecule has 0 aromatic heterocycles. The molecule has 5 nitrogen and oxygen atoms in total. The maximum atomic E-state index is 12.7. The molecule has 0 bridgehead atoms. The van der Waals surface area contributed by atoms with Crippen LogP contribution in [-0.2, 0) is 9.59 Å². The summed E-state index contributed by atoms with van der Waals surface area (Å²) in [6.45, 7) is 3.69. The Balaban J connectivity index is 0.00000208. The Morgan fingerprint density at radius 3 is 2.71 bits per heavy atom. The van der Waals surface area contributed by atoms with E-state index >= 15 is 0 Å². The Morgan fingerprint density at radius 2 is 2.00 bits per heavy atom. The maximum absolute atomic E-state index is 12.7. The number of hydrogen-bond acceptors (Lipinski definition) is 3. The lowest BCUT2D eigenvalue weighted by Crippen LogP contribution is -2.54. The fraction of sp³-hybridized carbons (Fsp3) is 0.556. The average Bonchev–Trinajstić information content (AvgIpc) is 2.57. The topological polar surface area (TPSA) is 61.4 Å². The van der Waals surface area contributed by atoms with Gasteiger partial charge in [0.05, 0.1) is 0 Å². The van der Waals surface area contributed by atoms with Gasteiger partial charge in [-0.15, -0.1) is 12.4 Å². The van der Waals surface area contributed by atoms with E-state index in [9.17, 15) is 9.59 Å². The van der Waals surface area contributed by atoms with E-state index in [0.29, 0.717) is 6.04 Å². The van der Waals surface area contributed by atoms with Gasteiger partial charge < -0.3 is 15.5 Å². The third-order valence-electron chi connectivity index (χ3n) is 4.82. The van der Waals surface area contributed by atoms with E-state index in [1.54, 1.807) is 4.90 Å². The number of benzene rings is 1. The van der Waals surface area contributed by atoms with Crippen molar-refractivity contribution in [2.24, 2.45) is 5.92 Å². The van der Waals surface area contributed by atoms with Crippen LogP contribution < -0.4 is 15.5 Å². The summed E-state index contributed by atoms with van der Waals surface area (Å²) in [5.74, 6) is 0.0653. The summed E-state index contributed by atoms with van der Waals surface area (Å²) in [7, 11) is 0. The number of nitrogens with zero attached hydrogens (tertiary/aromatic N) is 1. The van der Waals surface area contributed by atoms with Crippen LogP contribution in [0.1, 0.15) is 32.6 Å². The molecule has 2 N–H and O–H groups in total. The first-order valence-electron chi connectivity index (χ1n) is 8.55. The second-order valence-corrected chi connectivity index (χ2v) is 6.61. The number of rotatable bonds is 3. The molecule has 0 spiro atoms. The second-order valence-electron chi connectivity index (χ2n) is 6.61. The highest BCUT2D eigenvalue weighted by atomic mass is 35.5. The van der Waals surface area contributed by atoms with Crippen molar-refractivity contribution in [2.45, 2.75) is 44.7 Å². The highest BCUT2D eigenvalue weighted by Gasteiger charge is 2.33. The Labute approximate surface area is 149 Å². The Kier molecular flexibility index (Phi) is 6.63. The predicted octanol–water partition coefficient (Wildman–Crippen LogP) is 2.11. The molecule has 0 radical (unpaired) electrons. The summed E-state index contributed by atoms with van der Waals surface area (Å²) < 4.78 is 0. The largest absolute Gasteiger partial charge is 0.344 e. The molecule has 24 heavy (non-hydrogen) atoms. The van der Waals surface area contributed by atoms with Gasteiger partial charge in [0.1, 0.15) is 6.04 Å². The van der Waals surface area contributed by atoms with Crippen molar-refractivity contribution in [3.8, 4) is 0 Å². The minimum atomic E-state index is -0.387. The molecule has 2 heterocycles. The first-order chi connectivity index (χ1) is 11.1. The SMILES string of the molecule is C[C@H]1C[C@@H](C(=O)NC2CCCN(c3ccccc3)C2=O)CCN1.Cl. The van der Waals surface area contributed by atoms with Gasteiger partial charge in [-0.1, -0.05) is 18.2 Å². The number of para-hydroxylation sites is 1. The zero-order valence-electron chi connectivity index (χ0n) is 14.0. The minimum absolute atomic E-state index is 0. The van der Waals surface area contributed by atoms with Crippen LogP contribution in [0.15, 0.2) is 30.3 Å². The van der Waals surface area contributed by atoms with E-state index < -0.39 is 0 Å². The number of halogens is 1. The van der Waals surface area contributed by atoms with Gasteiger partial charge in [0.25, 0.3) is 0 Å². The number of nitrogens with one attached hydrogen (secondary N) is 2. The fourth-order valence-corrected chi connectivity index (χ4v) is 3.53. The smallest absolute Gasteiger partial charge is 0.249 e. The van der Waals surface area contributed by atoms with Gasteiger partial charge in [0.15, 0.2) is 0 Å². The standard InChI is InChI=1S/C18H25N3O2.ClH/c1-13-12-14(9-10-19-13)17(22)20-16-8-5-11-21(18(16)23)15-6-3-2-4-7-15;/h2-4,6-7,13-14,16,19H,5,8-12H2,1H3,(H,20,22);1H/t13-,14-,16?;/m0./s1. The number of carbonyl (C=O) groups excluding carboxylic acids is 2. The molecule has 3 atom stereocenters. The van der Waals surface area contributed by atoms with E-state index in [4.69, 9.17) is 0 Å². The van der Waals surface area contributed by atoms with Crippen molar-refractivity contribution in [2.75, 3.05) is 18.0 Å². The van der Waals surface area contributed by atoms with Crippen LogP contribution in [0.4, 0.5) is 5.69 Å². The summed E-state index contributed by atoms with van der Waals surface area (Å²) in [6, 6.07) is 9.66. The van der Waals surface area contributed by atoms with Crippen molar-refractivity contribution in [1.29, 1.82) is 0 Å². The van der Waals surface area contributed by atoms with Gasteiger partial charge in [-0.2, -0.15) is 0 Å². The number of hydrogen-bond donors (Lipinski definition) is 2. The maximum Gasteiger partial charge on any atom is 0.249 e. The molecule has 1 unspecified atom stereocenters. The first-order valence-corrected chi connectivity index (χ1v) is 8.55. The van der Waals surface area contributed by atoms with Crippen LogP contribution in [0, 0.1) is 5.92 Å². The van der Waals surface area contributed by atoms with Crippen LogP contribution in [-0.4, -0.2) is 37.0 Å². The lowest BCUT2D eigenvalue weighted by molar-refractivity contribution is -0.131. The van der Waals surface area contributed by atoms with Gasteiger partial charge in [-0.05, 0) is 51.3 Å². The molecule has 2 aliphatic heterocycles. The van der Waals surface area contributed by atoms with Gasteiger partial charge in [-0.25, -0.2) is 0 Å². The van der Waals surface area contributed by atoms with Crippen molar-refractivity contribution < 1.29 is 9.59 Å². The Bertz CT molecular complexity index is 567. The molecule has 3 rings (SSSR count). The molecule has 2 fully saturated rings.